The molecule has 2 aromatic heterocycles. The van der Waals surface area contributed by atoms with E-state index in [2.05, 4.69) is 15.6 Å². The number of amides is 1. The minimum absolute atomic E-state index is 0.173. The average molecular weight is 422 g/mol. The second-order valence-corrected chi connectivity index (χ2v) is 7.08. The van der Waals surface area contributed by atoms with Crippen molar-refractivity contribution in [2.45, 2.75) is 18.9 Å². The molecule has 2 heterocycles. The van der Waals surface area contributed by atoms with Gasteiger partial charge in [-0.05, 0) is 42.0 Å². The van der Waals surface area contributed by atoms with Crippen LogP contribution in [0.25, 0.3) is 0 Å². The molecular formula is C23H26N4O4. The van der Waals surface area contributed by atoms with E-state index in [-0.39, 0.29) is 6.42 Å². The Balaban J connectivity index is 1.53. The summed E-state index contributed by atoms with van der Waals surface area (Å²) in [5.41, 5.74) is 2.13. The lowest BCUT2D eigenvalue weighted by molar-refractivity contribution is -0.139. The highest BCUT2D eigenvalue weighted by molar-refractivity contribution is 5.95. The molecule has 3 N–H and O–H groups in total. The molecule has 0 saturated carbocycles. The minimum Gasteiger partial charge on any atom is -0.493 e. The van der Waals surface area contributed by atoms with Gasteiger partial charge in [-0.3, -0.25) is 4.79 Å². The molecule has 0 aliphatic rings. The number of carboxylic acid groups (broad SMARTS) is 1. The second-order valence-electron chi connectivity index (χ2n) is 7.08. The maximum Gasteiger partial charge on any atom is 0.326 e. The smallest absolute Gasteiger partial charge is 0.326 e. The van der Waals surface area contributed by atoms with Crippen LogP contribution in [-0.4, -0.2) is 46.2 Å². The Morgan fingerprint density at radius 2 is 1.90 bits per heavy atom. The molecule has 0 aliphatic carbocycles. The number of benzene rings is 1. The standard InChI is InChI=1S/C23H26N4O4/c1-24-21-7-3-5-17(25-21)12-14-31-18-10-8-16(9-11-18)15-19(23(29)30)26-22(28)20-6-4-13-27(20)2/h3-11,13,19H,12,14-15H2,1-2H3,(H,24,25)(H,26,28)(H,29,30)/t19-/m0/s1. The first-order chi connectivity index (χ1) is 15.0. The monoisotopic (exact) mass is 422 g/mol. The van der Waals surface area contributed by atoms with E-state index in [1.807, 2.05) is 25.2 Å². The highest BCUT2D eigenvalue weighted by Crippen LogP contribution is 2.15. The predicted molar refractivity (Wildman–Crippen MR) is 117 cm³/mol. The number of aliphatic carboxylic acids is 1. The molecule has 0 saturated heterocycles. The number of carboxylic acids is 1. The number of anilines is 1. The molecule has 1 aromatic carbocycles. The number of aryl methyl sites for hydroxylation is 1. The molecule has 0 aliphatic heterocycles. The third-order valence-corrected chi connectivity index (χ3v) is 4.83. The van der Waals surface area contributed by atoms with Crippen molar-refractivity contribution < 1.29 is 19.4 Å². The summed E-state index contributed by atoms with van der Waals surface area (Å²) in [5.74, 6) is -0.00251. The molecule has 0 radical (unpaired) electrons. The molecule has 0 unspecified atom stereocenters. The van der Waals surface area contributed by atoms with E-state index in [0.29, 0.717) is 24.5 Å². The largest absolute Gasteiger partial charge is 0.493 e. The SMILES string of the molecule is CNc1cccc(CCOc2ccc(C[C@H](NC(=O)c3cccn3C)C(=O)O)cc2)n1. The van der Waals surface area contributed by atoms with E-state index < -0.39 is 17.9 Å². The summed E-state index contributed by atoms with van der Waals surface area (Å²) in [4.78, 5) is 28.4. The Morgan fingerprint density at radius 1 is 1.13 bits per heavy atom. The van der Waals surface area contributed by atoms with Crippen LogP contribution in [0, 0.1) is 0 Å². The Bertz CT molecular complexity index is 1030. The molecule has 31 heavy (non-hydrogen) atoms. The second kappa shape index (κ2) is 10.3. The van der Waals surface area contributed by atoms with Gasteiger partial charge in [0.25, 0.3) is 5.91 Å². The molecule has 1 amide bonds. The van der Waals surface area contributed by atoms with E-state index in [9.17, 15) is 14.7 Å². The molecule has 0 spiro atoms. The van der Waals surface area contributed by atoms with E-state index in [0.717, 1.165) is 17.1 Å². The van der Waals surface area contributed by atoms with Crippen LogP contribution in [0.5, 0.6) is 5.75 Å². The van der Waals surface area contributed by atoms with E-state index >= 15 is 0 Å². The number of nitrogens with zero attached hydrogens (tertiary/aromatic N) is 2. The number of pyridine rings is 1. The van der Waals surface area contributed by atoms with Crippen molar-refractivity contribution in [2.24, 2.45) is 7.05 Å². The summed E-state index contributed by atoms with van der Waals surface area (Å²) in [7, 11) is 3.56. The normalized spacial score (nSPS) is 11.5. The van der Waals surface area contributed by atoms with Gasteiger partial charge in [-0.2, -0.15) is 0 Å². The summed E-state index contributed by atoms with van der Waals surface area (Å²) in [6.07, 6.45) is 2.58. The highest BCUT2D eigenvalue weighted by Gasteiger charge is 2.22. The van der Waals surface area contributed by atoms with Crippen molar-refractivity contribution in [1.82, 2.24) is 14.9 Å². The van der Waals surface area contributed by atoms with Crippen LogP contribution in [0.15, 0.2) is 60.8 Å². The molecular weight excluding hydrogens is 396 g/mol. The first-order valence-corrected chi connectivity index (χ1v) is 9.96. The van der Waals surface area contributed by atoms with Gasteiger partial charge in [-0.1, -0.05) is 18.2 Å². The van der Waals surface area contributed by atoms with Crippen LogP contribution < -0.4 is 15.4 Å². The van der Waals surface area contributed by atoms with Crippen LogP contribution >= 0.6 is 0 Å². The zero-order valence-electron chi connectivity index (χ0n) is 17.5. The number of nitrogens with one attached hydrogen (secondary N) is 2. The first kappa shape index (κ1) is 21.9. The number of hydrogen-bond acceptors (Lipinski definition) is 5. The van der Waals surface area contributed by atoms with Gasteiger partial charge in [0, 0.05) is 38.8 Å². The zero-order valence-corrected chi connectivity index (χ0v) is 17.5. The van der Waals surface area contributed by atoms with Gasteiger partial charge in [-0.25, -0.2) is 9.78 Å². The van der Waals surface area contributed by atoms with Crippen LogP contribution in [0.2, 0.25) is 0 Å². The Kier molecular flexibility index (Phi) is 7.26. The zero-order chi connectivity index (χ0) is 22.2. The Hall–Kier alpha value is -3.81. The maximum atomic E-state index is 12.3. The Labute approximate surface area is 180 Å². The lowest BCUT2D eigenvalue weighted by Crippen LogP contribution is -2.42. The van der Waals surface area contributed by atoms with Crippen molar-refractivity contribution in [2.75, 3.05) is 19.0 Å². The van der Waals surface area contributed by atoms with Crippen LogP contribution in [0.4, 0.5) is 5.82 Å². The fourth-order valence-electron chi connectivity index (χ4n) is 3.12. The number of aromatic nitrogens is 2. The third kappa shape index (κ3) is 6.08. The van der Waals surface area contributed by atoms with E-state index in [1.54, 1.807) is 54.2 Å². The number of hydrogen-bond donors (Lipinski definition) is 3. The summed E-state index contributed by atoms with van der Waals surface area (Å²) in [6.45, 7) is 0.476. The van der Waals surface area contributed by atoms with Crippen LogP contribution in [0.1, 0.15) is 21.7 Å². The number of carbonyl (C=O) groups is 2. The van der Waals surface area contributed by atoms with Gasteiger partial charge < -0.3 is 25.0 Å². The van der Waals surface area contributed by atoms with Gasteiger partial charge in [0.15, 0.2) is 0 Å². The Morgan fingerprint density at radius 3 is 2.55 bits per heavy atom. The molecule has 162 valence electrons. The fourth-order valence-corrected chi connectivity index (χ4v) is 3.12. The van der Waals surface area contributed by atoms with Crippen molar-refractivity contribution in [3.8, 4) is 5.75 Å². The quantitative estimate of drug-likeness (QED) is 0.464. The summed E-state index contributed by atoms with van der Waals surface area (Å²) >= 11 is 0. The van der Waals surface area contributed by atoms with E-state index in [4.69, 9.17) is 4.74 Å². The summed E-state index contributed by atoms with van der Waals surface area (Å²) < 4.78 is 7.41. The highest BCUT2D eigenvalue weighted by atomic mass is 16.5. The molecule has 3 aromatic rings. The summed E-state index contributed by atoms with van der Waals surface area (Å²) in [5, 5.41) is 15.1. The number of rotatable bonds is 10. The maximum absolute atomic E-state index is 12.3. The summed E-state index contributed by atoms with van der Waals surface area (Å²) in [6, 6.07) is 15.3. The molecule has 3 rings (SSSR count). The number of carbonyl (C=O) groups excluding carboxylic acids is 1. The van der Waals surface area contributed by atoms with Gasteiger partial charge >= 0.3 is 5.97 Å². The first-order valence-electron chi connectivity index (χ1n) is 9.96. The lowest BCUT2D eigenvalue weighted by Gasteiger charge is -2.15. The molecule has 0 bridgehead atoms. The van der Waals surface area contributed by atoms with Crippen LogP contribution in [-0.2, 0) is 24.7 Å². The van der Waals surface area contributed by atoms with Crippen molar-refractivity contribution >= 4 is 17.7 Å². The van der Waals surface area contributed by atoms with Gasteiger partial charge in [-0.15, -0.1) is 0 Å². The average Bonchev–Trinajstić information content (AvgIpc) is 3.20. The molecule has 8 heteroatoms. The molecule has 0 fully saturated rings. The predicted octanol–water partition coefficient (Wildman–Crippen LogP) is 2.51. The van der Waals surface area contributed by atoms with E-state index in [1.165, 1.54) is 0 Å². The van der Waals surface area contributed by atoms with Crippen LogP contribution in [0.3, 0.4) is 0 Å². The molecule has 1 atom stereocenters. The van der Waals surface area contributed by atoms with Crippen molar-refractivity contribution in [3.05, 3.63) is 77.7 Å². The number of ether oxygens (including phenoxy) is 1. The third-order valence-electron chi connectivity index (χ3n) is 4.83. The topological polar surface area (TPSA) is 105 Å². The minimum atomic E-state index is -1.08. The van der Waals surface area contributed by atoms with Gasteiger partial charge in [0.2, 0.25) is 0 Å². The van der Waals surface area contributed by atoms with Crippen molar-refractivity contribution in [3.63, 3.8) is 0 Å². The lowest BCUT2D eigenvalue weighted by atomic mass is 10.1. The van der Waals surface area contributed by atoms with Crippen molar-refractivity contribution in [1.29, 1.82) is 0 Å². The fraction of sp³-hybridized carbons (Fsp3) is 0.261. The van der Waals surface area contributed by atoms with Gasteiger partial charge in [0.05, 0.1) is 6.61 Å². The van der Waals surface area contributed by atoms with Gasteiger partial charge in [0.1, 0.15) is 23.3 Å². The molecule has 8 nitrogen and oxygen atoms in total.